The smallest absolute Gasteiger partial charge is 0.223 e. The molecule has 0 aliphatic carbocycles. The van der Waals surface area contributed by atoms with Crippen LogP contribution in [0.2, 0.25) is 0 Å². The average Bonchev–Trinajstić information content (AvgIpc) is 2.36. The Morgan fingerprint density at radius 3 is 2.75 bits per heavy atom. The Morgan fingerprint density at radius 1 is 1.45 bits per heavy atom. The molecule has 1 amide bonds. The number of benzene rings is 1. The molecular weight excluding hydrogens is 259 g/mol. The Bertz CT molecular complexity index is 463. The van der Waals surface area contributed by atoms with Gasteiger partial charge in [0, 0.05) is 5.92 Å². The predicted molar refractivity (Wildman–Crippen MR) is 75.0 cm³/mol. The van der Waals surface area contributed by atoms with Crippen molar-refractivity contribution in [3.63, 3.8) is 0 Å². The molecule has 0 aromatic heterocycles. The number of nitrogens with one attached hydrogen (secondary N) is 2. The maximum absolute atomic E-state index is 13.4. The van der Waals surface area contributed by atoms with E-state index in [0.29, 0.717) is 12.5 Å². The molecule has 20 heavy (non-hydrogen) atoms. The maximum atomic E-state index is 13.4. The summed E-state index contributed by atoms with van der Waals surface area (Å²) in [6, 6.07) is 6.26. The molecule has 1 aromatic rings. The average molecular weight is 280 g/mol. The third-order valence-electron chi connectivity index (χ3n) is 3.66. The monoisotopic (exact) mass is 280 g/mol. The van der Waals surface area contributed by atoms with E-state index in [-0.39, 0.29) is 29.5 Å². The van der Waals surface area contributed by atoms with Gasteiger partial charge in [-0.05, 0) is 38.1 Å². The van der Waals surface area contributed by atoms with Crippen LogP contribution in [0.25, 0.3) is 0 Å². The summed E-state index contributed by atoms with van der Waals surface area (Å²) < 4.78 is 18.9. The summed E-state index contributed by atoms with van der Waals surface area (Å²) in [5, 5.41) is 6.01. The molecule has 2 unspecified atom stereocenters. The minimum Gasteiger partial charge on any atom is -0.486 e. The second-order valence-electron chi connectivity index (χ2n) is 5.31. The van der Waals surface area contributed by atoms with Gasteiger partial charge in [-0.25, -0.2) is 4.39 Å². The van der Waals surface area contributed by atoms with Crippen LogP contribution in [0.5, 0.6) is 5.75 Å². The van der Waals surface area contributed by atoms with Gasteiger partial charge in [0.25, 0.3) is 0 Å². The molecule has 2 rings (SSSR count). The van der Waals surface area contributed by atoms with E-state index in [9.17, 15) is 9.18 Å². The lowest BCUT2D eigenvalue weighted by Crippen LogP contribution is -2.50. The van der Waals surface area contributed by atoms with Crippen molar-refractivity contribution in [2.24, 2.45) is 11.8 Å². The second-order valence-corrected chi connectivity index (χ2v) is 5.31. The van der Waals surface area contributed by atoms with Crippen LogP contribution in [0, 0.1) is 17.7 Å². The fraction of sp³-hybridized carbons (Fsp3) is 0.533. The van der Waals surface area contributed by atoms with Gasteiger partial charge in [0.05, 0.1) is 6.54 Å². The first kappa shape index (κ1) is 14.8. The number of para-hydroxylation sites is 1. The van der Waals surface area contributed by atoms with Gasteiger partial charge in [-0.15, -0.1) is 0 Å². The molecule has 1 aliphatic rings. The Balaban J connectivity index is 1.76. The molecule has 0 bridgehead atoms. The van der Waals surface area contributed by atoms with Crippen LogP contribution in [0.4, 0.5) is 4.39 Å². The lowest BCUT2D eigenvalue weighted by Gasteiger charge is -2.32. The molecule has 1 heterocycles. The minimum atomic E-state index is -0.389. The first-order chi connectivity index (χ1) is 9.58. The SMILES string of the molecule is CC(CNC(=O)C(C)C1CNC1)Oc1ccccc1F. The molecule has 1 saturated heterocycles. The van der Waals surface area contributed by atoms with E-state index >= 15 is 0 Å². The van der Waals surface area contributed by atoms with Gasteiger partial charge in [0.1, 0.15) is 6.10 Å². The van der Waals surface area contributed by atoms with Crippen molar-refractivity contribution in [1.29, 1.82) is 0 Å². The fourth-order valence-electron chi connectivity index (χ4n) is 2.08. The summed E-state index contributed by atoms with van der Waals surface area (Å²) in [5.74, 6) is 0.264. The molecule has 1 fully saturated rings. The van der Waals surface area contributed by atoms with Crippen LogP contribution in [0.1, 0.15) is 13.8 Å². The van der Waals surface area contributed by atoms with Gasteiger partial charge >= 0.3 is 0 Å². The number of halogens is 1. The molecule has 0 saturated carbocycles. The highest BCUT2D eigenvalue weighted by Gasteiger charge is 2.28. The number of rotatable bonds is 6. The van der Waals surface area contributed by atoms with Gasteiger partial charge < -0.3 is 15.4 Å². The predicted octanol–water partition coefficient (Wildman–Crippen LogP) is 1.56. The summed E-state index contributed by atoms with van der Waals surface area (Å²) in [5.41, 5.74) is 0. The first-order valence-electron chi connectivity index (χ1n) is 6.97. The van der Waals surface area contributed by atoms with E-state index in [1.165, 1.54) is 6.07 Å². The first-order valence-corrected chi connectivity index (χ1v) is 6.97. The molecule has 1 aromatic carbocycles. The Hall–Kier alpha value is -1.62. The number of carbonyl (C=O) groups excluding carboxylic acids is 1. The van der Waals surface area contributed by atoms with Gasteiger partial charge in [0.2, 0.25) is 5.91 Å². The summed E-state index contributed by atoms with van der Waals surface area (Å²) in [7, 11) is 0. The van der Waals surface area contributed by atoms with Crippen molar-refractivity contribution in [3.8, 4) is 5.75 Å². The van der Waals surface area contributed by atoms with Crippen molar-refractivity contribution in [1.82, 2.24) is 10.6 Å². The molecule has 5 heteroatoms. The van der Waals surface area contributed by atoms with Gasteiger partial charge in [-0.2, -0.15) is 0 Å². The highest BCUT2D eigenvalue weighted by molar-refractivity contribution is 5.78. The lowest BCUT2D eigenvalue weighted by molar-refractivity contribution is -0.127. The third-order valence-corrected chi connectivity index (χ3v) is 3.66. The molecule has 0 spiro atoms. The van der Waals surface area contributed by atoms with E-state index in [1.54, 1.807) is 18.2 Å². The Kier molecular flexibility index (Phi) is 4.95. The lowest BCUT2D eigenvalue weighted by atomic mass is 9.88. The molecular formula is C15H21FN2O2. The highest BCUT2D eigenvalue weighted by atomic mass is 19.1. The van der Waals surface area contributed by atoms with Crippen LogP contribution in [0.15, 0.2) is 24.3 Å². The number of hydrogen-bond donors (Lipinski definition) is 2. The topological polar surface area (TPSA) is 50.4 Å². The largest absolute Gasteiger partial charge is 0.486 e. The molecule has 1 aliphatic heterocycles. The normalized spacial score (nSPS) is 17.9. The van der Waals surface area contributed by atoms with E-state index in [0.717, 1.165) is 13.1 Å². The Morgan fingerprint density at radius 2 is 2.15 bits per heavy atom. The van der Waals surface area contributed by atoms with Crippen molar-refractivity contribution in [3.05, 3.63) is 30.1 Å². The molecule has 2 N–H and O–H groups in total. The van der Waals surface area contributed by atoms with E-state index < -0.39 is 0 Å². The summed E-state index contributed by atoms with van der Waals surface area (Å²) >= 11 is 0. The van der Waals surface area contributed by atoms with Crippen molar-refractivity contribution < 1.29 is 13.9 Å². The summed E-state index contributed by atoms with van der Waals surface area (Å²) in [4.78, 5) is 11.9. The van der Waals surface area contributed by atoms with Crippen LogP contribution >= 0.6 is 0 Å². The number of hydrogen-bond acceptors (Lipinski definition) is 3. The van der Waals surface area contributed by atoms with Gasteiger partial charge in [-0.3, -0.25) is 4.79 Å². The zero-order valence-corrected chi connectivity index (χ0v) is 11.9. The molecule has 110 valence electrons. The number of carbonyl (C=O) groups is 1. The van der Waals surface area contributed by atoms with Crippen LogP contribution in [0.3, 0.4) is 0 Å². The minimum absolute atomic E-state index is 0.00286. The van der Waals surface area contributed by atoms with E-state index in [4.69, 9.17) is 4.74 Å². The fourth-order valence-corrected chi connectivity index (χ4v) is 2.08. The number of ether oxygens (including phenoxy) is 1. The van der Waals surface area contributed by atoms with E-state index in [1.807, 2.05) is 13.8 Å². The summed E-state index contributed by atoms with van der Waals surface area (Å²) in [6.45, 7) is 5.91. The quantitative estimate of drug-likeness (QED) is 0.831. The zero-order chi connectivity index (χ0) is 14.5. The van der Waals surface area contributed by atoms with Crippen LogP contribution in [-0.2, 0) is 4.79 Å². The Labute approximate surface area is 118 Å². The van der Waals surface area contributed by atoms with Crippen molar-refractivity contribution >= 4 is 5.91 Å². The van der Waals surface area contributed by atoms with Crippen molar-refractivity contribution in [2.45, 2.75) is 20.0 Å². The maximum Gasteiger partial charge on any atom is 0.223 e. The van der Waals surface area contributed by atoms with Gasteiger partial charge in [0.15, 0.2) is 11.6 Å². The summed E-state index contributed by atoms with van der Waals surface area (Å²) in [6.07, 6.45) is -0.275. The molecule has 0 radical (unpaired) electrons. The van der Waals surface area contributed by atoms with E-state index in [2.05, 4.69) is 10.6 Å². The standard InChI is InChI=1S/C15H21FN2O2/c1-10(20-14-6-4-3-5-13(14)16)7-18-15(19)11(2)12-8-17-9-12/h3-6,10-12,17H,7-9H2,1-2H3,(H,18,19). The van der Waals surface area contributed by atoms with Crippen LogP contribution in [-0.4, -0.2) is 31.6 Å². The third kappa shape index (κ3) is 3.70. The molecule has 4 nitrogen and oxygen atoms in total. The van der Waals surface area contributed by atoms with Crippen molar-refractivity contribution in [2.75, 3.05) is 19.6 Å². The zero-order valence-electron chi connectivity index (χ0n) is 11.9. The van der Waals surface area contributed by atoms with Crippen LogP contribution < -0.4 is 15.4 Å². The second kappa shape index (κ2) is 6.70. The number of amides is 1. The highest BCUT2D eigenvalue weighted by Crippen LogP contribution is 2.17. The van der Waals surface area contributed by atoms with Gasteiger partial charge in [-0.1, -0.05) is 19.1 Å². The molecule has 2 atom stereocenters.